The number of hydrogen-bond donors (Lipinski definition) is 2. The monoisotopic (exact) mass is 168 g/mol. The summed E-state index contributed by atoms with van der Waals surface area (Å²) in [5.41, 5.74) is 5.56. The molecule has 3 N–H and O–H groups in total. The van der Waals surface area contributed by atoms with Crippen molar-refractivity contribution in [3.05, 3.63) is 23.1 Å². The maximum atomic E-state index is 5.56. The van der Waals surface area contributed by atoms with Crippen molar-refractivity contribution in [2.24, 2.45) is 5.73 Å². The van der Waals surface area contributed by atoms with E-state index < -0.39 is 0 Å². The molecule has 1 aliphatic carbocycles. The van der Waals surface area contributed by atoms with Crippen molar-refractivity contribution >= 4 is 11.8 Å². The van der Waals surface area contributed by atoms with Crippen LogP contribution in [0.15, 0.2) is 23.1 Å². The molecule has 60 valence electrons. The summed E-state index contributed by atoms with van der Waals surface area (Å²) in [5, 5.41) is 3.90. The van der Waals surface area contributed by atoms with Crippen LogP contribution in [0.2, 0.25) is 0 Å². The highest BCUT2D eigenvalue weighted by Crippen LogP contribution is 2.34. The van der Waals surface area contributed by atoms with Gasteiger partial charge in [-0.1, -0.05) is 18.2 Å². The predicted molar refractivity (Wildman–Crippen MR) is 49.2 cm³/mol. The van der Waals surface area contributed by atoms with Gasteiger partial charge < -0.3 is 5.73 Å². The second-order valence-electron chi connectivity index (χ2n) is 2.79. The van der Waals surface area contributed by atoms with E-state index in [0.29, 0.717) is 11.4 Å². The molecular formula is C8H12N2S. The lowest BCUT2D eigenvalue weighted by Gasteiger charge is -2.11. The Hall–Kier alpha value is -0.250. The lowest BCUT2D eigenvalue weighted by molar-refractivity contribution is 0.592. The Balaban J connectivity index is 2.09. The molecule has 2 rings (SSSR count). The van der Waals surface area contributed by atoms with Gasteiger partial charge in [-0.25, -0.2) is 0 Å². The zero-order valence-electron chi connectivity index (χ0n) is 6.29. The van der Waals surface area contributed by atoms with Crippen molar-refractivity contribution in [3.8, 4) is 0 Å². The summed E-state index contributed by atoms with van der Waals surface area (Å²) in [6.45, 7) is 0.721. The van der Waals surface area contributed by atoms with E-state index in [0.717, 1.165) is 13.0 Å². The van der Waals surface area contributed by atoms with Gasteiger partial charge in [0, 0.05) is 17.5 Å². The fraction of sp³-hybridized carbons (Fsp3) is 0.500. The van der Waals surface area contributed by atoms with E-state index in [4.69, 9.17) is 5.73 Å². The summed E-state index contributed by atoms with van der Waals surface area (Å²) in [6.07, 6.45) is 7.62. The molecule has 11 heavy (non-hydrogen) atoms. The van der Waals surface area contributed by atoms with Gasteiger partial charge in [0.05, 0.1) is 5.37 Å². The largest absolute Gasteiger partial charge is 0.328 e. The molecule has 0 aromatic heterocycles. The molecule has 1 heterocycles. The fourth-order valence-electron chi connectivity index (χ4n) is 1.42. The predicted octanol–water partition coefficient (Wildman–Crippen LogP) is 0.820. The van der Waals surface area contributed by atoms with Crippen LogP contribution >= 0.6 is 11.8 Å². The summed E-state index contributed by atoms with van der Waals surface area (Å²) in [4.78, 5) is 1.45. The molecule has 2 unspecified atom stereocenters. The molecule has 0 radical (unpaired) electrons. The SMILES string of the molecule is NCC1NC2CC=CC=C2S1. The summed E-state index contributed by atoms with van der Waals surface area (Å²) >= 11 is 1.87. The lowest BCUT2D eigenvalue weighted by atomic mass is 10.1. The third-order valence-electron chi connectivity index (χ3n) is 1.99. The quantitative estimate of drug-likeness (QED) is 0.609. The van der Waals surface area contributed by atoms with E-state index in [1.54, 1.807) is 0 Å². The van der Waals surface area contributed by atoms with Crippen LogP contribution in [0.4, 0.5) is 0 Å². The van der Waals surface area contributed by atoms with Crippen LogP contribution in [0.25, 0.3) is 0 Å². The summed E-state index contributed by atoms with van der Waals surface area (Å²) in [5.74, 6) is 0. The third-order valence-corrected chi connectivity index (χ3v) is 3.30. The molecule has 0 saturated carbocycles. The maximum absolute atomic E-state index is 5.56. The smallest absolute Gasteiger partial charge is 0.0706 e. The number of rotatable bonds is 1. The first kappa shape index (κ1) is 7.40. The summed E-state index contributed by atoms with van der Waals surface area (Å²) in [7, 11) is 0. The Kier molecular flexibility index (Phi) is 2.02. The van der Waals surface area contributed by atoms with Gasteiger partial charge in [0.2, 0.25) is 0 Å². The van der Waals surface area contributed by atoms with Crippen molar-refractivity contribution < 1.29 is 0 Å². The minimum atomic E-state index is 0.436. The molecule has 0 amide bonds. The lowest BCUT2D eigenvalue weighted by Crippen LogP contribution is -2.34. The molecule has 2 nitrogen and oxygen atoms in total. The van der Waals surface area contributed by atoms with Gasteiger partial charge in [-0.2, -0.15) is 0 Å². The van der Waals surface area contributed by atoms with Gasteiger partial charge >= 0.3 is 0 Å². The molecule has 1 aliphatic heterocycles. The zero-order chi connectivity index (χ0) is 7.68. The topological polar surface area (TPSA) is 38.0 Å². The van der Waals surface area contributed by atoms with Crippen LogP contribution in [-0.4, -0.2) is 18.0 Å². The van der Waals surface area contributed by atoms with Gasteiger partial charge in [-0.15, -0.1) is 11.8 Å². The molecule has 1 saturated heterocycles. The number of nitrogens with two attached hydrogens (primary N) is 1. The van der Waals surface area contributed by atoms with Crippen LogP contribution in [-0.2, 0) is 0 Å². The summed E-state index contributed by atoms with van der Waals surface area (Å²) < 4.78 is 0. The third kappa shape index (κ3) is 1.36. The normalized spacial score (nSPS) is 35.2. The van der Waals surface area contributed by atoms with Crippen molar-refractivity contribution in [3.63, 3.8) is 0 Å². The van der Waals surface area contributed by atoms with E-state index >= 15 is 0 Å². The highest BCUT2D eigenvalue weighted by molar-refractivity contribution is 8.04. The molecule has 0 spiro atoms. The number of fused-ring (bicyclic) bond motifs is 1. The molecule has 3 heteroatoms. The average Bonchev–Trinajstić information content (AvgIpc) is 2.46. The molecule has 0 aromatic carbocycles. The van der Waals surface area contributed by atoms with Crippen LogP contribution in [0, 0.1) is 0 Å². The first-order chi connectivity index (χ1) is 5.40. The van der Waals surface area contributed by atoms with E-state index in [9.17, 15) is 0 Å². The molecule has 0 aromatic rings. The number of thioether (sulfide) groups is 1. The van der Waals surface area contributed by atoms with Crippen molar-refractivity contribution in [1.82, 2.24) is 5.32 Å². The Labute approximate surface area is 70.9 Å². The number of nitrogens with one attached hydrogen (secondary N) is 1. The second-order valence-corrected chi connectivity index (χ2v) is 4.07. The molecular weight excluding hydrogens is 156 g/mol. The zero-order valence-corrected chi connectivity index (χ0v) is 7.10. The number of allylic oxidation sites excluding steroid dienone is 2. The summed E-state index contributed by atoms with van der Waals surface area (Å²) in [6, 6.07) is 0.554. The first-order valence-electron chi connectivity index (χ1n) is 3.89. The van der Waals surface area contributed by atoms with E-state index in [1.165, 1.54) is 4.91 Å². The maximum Gasteiger partial charge on any atom is 0.0706 e. The minimum absolute atomic E-state index is 0.436. The van der Waals surface area contributed by atoms with Crippen molar-refractivity contribution in [2.45, 2.75) is 17.8 Å². The first-order valence-corrected chi connectivity index (χ1v) is 4.77. The average molecular weight is 168 g/mol. The molecule has 2 aliphatic rings. The second kappa shape index (κ2) is 3.01. The van der Waals surface area contributed by atoms with Gasteiger partial charge in [0.1, 0.15) is 0 Å². The molecule has 2 atom stereocenters. The van der Waals surface area contributed by atoms with Gasteiger partial charge in [-0.05, 0) is 6.42 Å². The van der Waals surface area contributed by atoms with E-state index in [1.807, 2.05) is 11.8 Å². The van der Waals surface area contributed by atoms with Crippen molar-refractivity contribution in [2.75, 3.05) is 6.54 Å². The Morgan fingerprint density at radius 3 is 3.36 bits per heavy atom. The number of hydrogen-bond acceptors (Lipinski definition) is 3. The van der Waals surface area contributed by atoms with Crippen LogP contribution in [0.3, 0.4) is 0 Å². The van der Waals surface area contributed by atoms with E-state index in [2.05, 4.69) is 23.5 Å². The fourth-order valence-corrected chi connectivity index (χ4v) is 2.56. The van der Waals surface area contributed by atoms with Crippen molar-refractivity contribution in [1.29, 1.82) is 0 Å². The minimum Gasteiger partial charge on any atom is -0.328 e. The van der Waals surface area contributed by atoms with Crippen LogP contribution < -0.4 is 11.1 Å². The highest BCUT2D eigenvalue weighted by Gasteiger charge is 2.27. The van der Waals surface area contributed by atoms with Gasteiger partial charge in [-0.3, -0.25) is 5.32 Å². The Morgan fingerprint density at radius 2 is 2.64 bits per heavy atom. The molecule has 0 bridgehead atoms. The standard InChI is InChI=1S/C8H12N2S/c9-5-8-10-6-3-1-2-4-7(6)11-8/h1-2,4,6,8,10H,3,5,9H2. The Morgan fingerprint density at radius 1 is 1.73 bits per heavy atom. The van der Waals surface area contributed by atoms with Crippen LogP contribution in [0.1, 0.15) is 6.42 Å². The molecule has 1 fully saturated rings. The van der Waals surface area contributed by atoms with Crippen LogP contribution in [0.5, 0.6) is 0 Å². The van der Waals surface area contributed by atoms with Gasteiger partial charge in [0.15, 0.2) is 0 Å². The Bertz CT molecular complexity index is 210. The highest BCUT2D eigenvalue weighted by atomic mass is 32.2. The van der Waals surface area contributed by atoms with E-state index in [-0.39, 0.29) is 0 Å². The van der Waals surface area contributed by atoms with Gasteiger partial charge in [0.25, 0.3) is 0 Å².